The third kappa shape index (κ3) is 2.18. The van der Waals surface area contributed by atoms with Gasteiger partial charge in [-0.1, -0.05) is 46.3 Å². The van der Waals surface area contributed by atoms with Crippen LogP contribution in [0.4, 0.5) is 0 Å². The van der Waals surface area contributed by atoms with Gasteiger partial charge in [0.1, 0.15) is 5.75 Å². The number of aryl methyl sites for hydroxylation is 1. The van der Waals surface area contributed by atoms with Gasteiger partial charge in [0.25, 0.3) is 0 Å². The summed E-state index contributed by atoms with van der Waals surface area (Å²) in [6.07, 6.45) is 1.16. The maximum atomic E-state index is 5.27. The molecule has 0 spiro atoms. The Labute approximate surface area is 122 Å². The molecule has 2 aromatic carbocycles. The zero-order valence-corrected chi connectivity index (χ0v) is 12.8. The molecule has 3 rings (SSSR count). The van der Waals surface area contributed by atoms with Crippen LogP contribution < -0.4 is 4.74 Å². The lowest BCUT2D eigenvalue weighted by molar-refractivity contribution is 0.414. The minimum Gasteiger partial charge on any atom is -0.497 e. The van der Waals surface area contributed by atoms with Crippen molar-refractivity contribution in [1.29, 1.82) is 0 Å². The van der Waals surface area contributed by atoms with Gasteiger partial charge in [0.15, 0.2) is 0 Å². The van der Waals surface area contributed by atoms with Crippen molar-refractivity contribution in [3.63, 3.8) is 0 Å². The van der Waals surface area contributed by atoms with E-state index in [2.05, 4.69) is 59.3 Å². The van der Waals surface area contributed by atoms with Crippen LogP contribution in [0.5, 0.6) is 5.75 Å². The van der Waals surface area contributed by atoms with Crippen LogP contribution in [0.2, 0.25) is 0 Å². The first-order chi connectivity index (χ1) is 9.20. The lowest BCUT2D eigenvalue weighted by Gasteiger charge is -2.34. The average molecular weight is 317 g/mol. The van der Waals surface area contributed by atoms with E-state index in [9.17, 15) is 0 Å². The zero-order valence-electron chi connectivity index (χ0n) is 11.2. The van der Waals surface area contributed by atoms with Gasteiger partial charge in [-0.2, -0.15) is 0 Å². The van der Waals surface area contributed by atoms with Crippen molar-refractivity contribution in [1.82, 2.24) is 0 Å². The number of rotatable bonds is 3. The molecule has 2 atom stereocenters. The smallest absolute Gasteiger partial charge is 0.119 e. The van der Waals surface area contributed by atoms with Gasteiger partial charge in [0.2, 0.25) is 0 Å². The van der Waals surface area contributed by atoms with Gasteiger partial charge < -0.3 is 4.74 Å². The summed E-state index contributed by atoms with van der Waals surface area (Å²) in [4.78, 5) is 0.383. The molecule has 0 radical (unpaired) electrons. The highest BCUT2D eigenvalue weighted by Crippen LogP contribution is 2.48. The van der Waals surface area contributed by atoms with Gasteiger partial charge in [0.05, 0.1) is 7.11 Å². The van der Waals surface area contributed by atoms with E-state index in [1.54, 1.807) is 7.11 Å². The monoisotopic (exact) mass is 316 g/mol. The quantitative estimate of drug-likeness (QED) is 0.740. The molecule has 0 saturated heterocycles. The SMILES string of the molecule is COc1ccc(C(Br)C2Cc3ccccc32)c(C)c1. The van der Waals surface area contributed by atoms with Crippen molar-refractivity contribution in [3.05, 3.63) is 64.7 Å². The number of methoxy groups -OCH3 is 1. The summed E-state index contributed by atoms with van der Waals surface area (Å²) >= 11 is 3.89. The van der Waals surface area contributed by atoms with Crippen LogP contribution in [-0.4, -0.2) is 7.11 Å². The second-order valence-corrected chi connectivity index (χ2v) is 6.12. The number of fused-ring (bicyclic) bond motifs is 1. The van der Waals surface area contributed by atoms with E-state index in [1.165, 1.54) is 22.3 Å². The second-order valence-electron chi connectivity index (χ2n) is 5.13. The number of ether oxygens (including phenoxy) is 1. The van der Waals surface area contributed by atoms with Gasteiger partial charge in [-0.05, 0) is 47.7 Å². The number of alkyl halides is 1. The Morgan fingerprint density at radius 3 is 2.68 bits per heavy atom. The molecule has 19 heavy (non-hydrogen) atoms. The first kappa shape index (κ1) is 12.7. The lowest BCUT2D eigenvalue weighted by atomic mass is 9.74. The van der Waals surface area contributed by atoms with Crippen LogP contribution in [-0.2, 0) is 6.42 Å². The standard InChI is InChI=1S/C17H17BrO/c1-11-9-13(19-2)7-8-14(11)17(18)16-10-12-5-3-4-6-15(12)16/h3-9,16-17H,10H2,1-2H3. The molecular weight excluding hydrogens is 300 g/mol. The Morgan fingerprint density at radius 1 is 1.21 bits per heavy atom. The third-order valence-electron chi connectivity index (χ3n) is 4.02. The predicted octanol–water partition coefficient (Wildman–Crippen LogP) is 4.78. The summed E-state index contributed by atoms with van der Waals surface area (Å²) in [6.45, 7) is 2.15. The van der Waals surface area contributed by atoms with E-state index < -0.39 is 0 Å². The van der Waals surface area contributed by atoms with Crippen molar-refractivity contribution < 1.29 is 4.74 Å². The highest BCUT2D eigenvalue weighted by atomic mass is 79.9. The molecule has 98 valence electrons. The summed E-state index contributed by atoms with van der Waals surface area (Å²) in [7, 11) is 1.71. The van der Waals surface area contributed by atoms with E-state index in [1.807, 2.05) is 6.07 Å². The second kappa shape index (κ2) is 5.01. The molecule has 0 bridgehead atoms. The summed E-state index contributed by atoms with van der Waals surface area (Å²) in [6, 6.07) is 15.1. The molecule has 0 heterocycles. The van der Waals surface area contributed by atoms with Gasteiger partial charge in [-0.15, -0.1) is 0 Å². The Kier molecular flexibility index (Phi) is 3.36. The topological polar surface area (TPSA) is 9.23 Å². The number of benzene rings is 2. The maximum absolute atomic E-state index is 5.27. The van der Waals surface area contributed by atoms with E-state index >= 15 is 0 Å². The van der Waals surface area contributed by atoms with Gasteiger partial charge in [-0.3, -0.25) is 0 Å². The van der Waals surface area contributed by atoms with Gasteiger partial charge >= 0.3 is 0 Å². The Balaban J connectivity index is 1.88. The first-order valence-corrected chi connectivity index (χ1v) is 7.48. The maximum Gasteiger partial charge on any atom is 0.119 e. The summed E-state index contributed by atoms with van der Waals surface area (Å²) < 4.78 is 5.27. The van der Waals surface area contributed by atoms with E-state index in [4.69, 9.17) is 4.74 Å². The molecule has 2 heteroatoms. The molecule has 0 aliphatic heterocycles. The van der Waals surface area contributed by atoms with Crippen molar-refractivity contribution in [2.75, 3.05) is 7.11 Å². The minimum atomic E-state index is 0.383. The third-order valence-corrected chi connectivity index (χ3v) is 5.15. The predicted molar refractivity (Wildman–Crippen MR) is 82.3 cm³/mol. The highest BCUT2D eigenvalue weighted by Gasteiger charge is 2.32. The number of hydrogen-bond donors (Lipinski definition) is 0. The van der Waals surface area contributed by atoms with Crippen LogP contribution in [0.25, 0.3) is 0 Å². The molecule has 2 aromatic rings. The zero-order chi connectivity index (χ0) is 13.4. The van der Waals surface area contributed by atoms with E-state index in [-0.39, 0.29) is 0 Å². The van der Waals surface area contributed by atoms with E-state index in [0.29, 0.717) is 10.7 Å². The van der Waals surface area contributed by atoms with Gasteiger partial charge in [-0.25, -0.2) is 0 Å². The Morgan fingerprint density at radius 2 is 2.00 bits per heavy atom. The van der Waals surface area contributed by atoms with E-state index in [0.717, 1.165) is 12.2 Å². The number of halogens is 1. The van der Waals surface area contributed by atoms with Crippen molar-refractivity contribution in [2.24, 2.45) is 0 Å². The fourth-order valence-corrected chi connectivity index (χ4v) is 3.85. The molecule has 0 fully saturated rings. The van der Waals surface area contributed by atoms with Crippen molar-refractivity contribution in [2.45, 2.75) is 24.1 Å². The Hall–Kier alpha value is -1.28. The fraction of sp³-hybridized carbons (Fsp3) is 0.294. The van der Waals surface area contributed by atoms with Crippen LogP contribution in [0.15, 0.2) is 42.5 Å². The normalized spacial score (nSPS) is 18.4. The molecule has 1 nitrogen and oxygen atoms in total. The molecule has 0 amide bonds. The molecule has 1 aliphatic carbocycles. The van der Waals surface area contributed by atoms with Gasteiger partial charge in [0, 0.05) is 10.7 Å². The van der Waals surface area contributed by atoms with Crippen LogP contribution in [0, 0.1) is 6.92 Å². The molecule has 1 aliphatic rings. The minimum absolute atomic E-state index is 0.383. The molecule has 0 N–H and O–H groups in total. The molecule has 0 aromatic heterocycles. The lowest BCUT2D eigenvalue weighted by Crippen LogP contribution is -2.21. The summed E-state index contributed by atoms with van der Waals surface area (Å²) in [5.74, 6) is 1.51. The van der Waals surface area contributed by atoms with Crippen LogP contribution in [0.1, 0.15) is 33.0 Å². The van der Waals surface area contributed by atoms with Crippen molar-refractivity contribution in [3.8, 4) is 5.75 Å². The molecule has 0 saturated carbocycles. The van der Waals surface area contributed by atoms with Crippen LogP contribution >= 0.6 is 15.9 Å². The Bertz CT molecular complexity index is 606. The summed E-state index contributed by atoms with van der Waals surface area (Å²) in [5, 5.41) is 0. The first-order valence-electron chi connectivity index (χ1n) is 6.57. The summed E-state index contributed by atoms with van der Waals surface area (Å²) in [5.41, 5.74) is 5.62. The highest BCUT2D eigenvalue weighted by molar-refractivity contribution is 9.09. The van der Waals surface area contributed by atoms with Crippen molar-refractivity contribution >= 4 is 15.9 Å². The molecular formula is C17H17BrO. The fourth-order valence-electron chi connectivity index (χ4n) is 2.86. The van der Waals surface area contributed by atoms with Crippen LogP contribution in [0.3, 0.4) is 0 Å². The largest absolute Gasteiger partial charge is 0.497 e. The number of hydrogen-bond acceptors (Lipinski definition) is 1. The molecule has 2 unspecified atom stereocenters. The average Bonchev–Trinajstić information content (AvgIpc) is 2.39.